The van der Waals surface area contributed by atoms with Gasteiger partial charge in [-0.05, 0) is 37.6 Å². The Bertz CT molecular complexity index is 792. The van der Waals surface area contributed by atoms with Gasteiger partial charge in [0.25, 0.3) is 0 Å². The fraction of sp³-hybridized carbons (Fsp3) is 0.333. The molecule has 25 heavy (non-hydrogen) atoms. The van der Waals surface area contributed by atoms with Crippen LogP contribution in [0.5, 0.6) is 0 Å². The van der Waals surface area contributed by atoms with E-state index in [-0.39, 0.29) is 6.17 Å². The molecule has 2 aromatic rings. The second-order valence-electron chi connectivity index (χ2n) is 6.72. The Morgan fingerprint density at radius 3 is 2.72 bits per heavy atom. The normalized spacial score (nSPS) is 22.6. The number of anilines is 1. The molecule has 0 saturated carbocycles. The van der Waals surface area contributed by atoms with Crippen LogP contribution in [0.25, 0.3) is 0 Å². The summed E-state index contributed by atoms with van der Waals surface area (Å²) in [5.74, 6) is 0. The van der Waals surface area contributed by atoms with Crippen molar-refractivity contribution in [2.45, 2.75) is 38.9 Å². The van der Waals surface area contributed by atoms with E-state index >= 15 is 0 Å². The van der Waals surface area contributed by atoms with Crippen molar-refractivity contribution in [3.05, 3.63) is 71.2 Å². The molecular formula is C21H24N4. The molecule has 0 aliphatic carbocycles. The van der Waals surface area contributed by atoms with Crippen LogP contribution in [0.4, 0.5) is 5.69 Å². The molecule has 1 aromatic heterocycles. The molecule has 2 unspecified atom stereocenters. The zero-order valence-corrected chi connectivity index (χ0v) is 14.8. The highest BCUT2D eigenvalue weighted by Crippen LogP contribution is 2.32. The summed E-state index contributed by atoms with van der Waals surface area (Å²) in [6, 6.07) is 15.2. The van der Waals surface area contributed by atoms with Crippen LogP contribution in [0.1, 0.15) is 37.2 Å². The summed E-state index contributed by atoms with van der Waals surface area (Å²) in [7, 11) is 0. The first-order valence-corrected chi connectivity index (χ1v) is 9.03. The van der Waals surface area contributed by atoms with Crippen LogP contribution < -0.4 is 10.2 Å². The lowest BCUT2D eigenvalue weighted by Crippen LogP contribution is -2.45. The van der Waals surface area contributed by atoms with Gasteiger partial charge in [-0.2, -0.15) is 0 Å². The maximum Gasteiger partial charge on any atom is 0.161 e. The van der Waals surface area contributed by atoms with E-state index in [1.54, 1.807) is 0 Å². The van der Waals surface area contributed by atoms with Gasteiger partial charge in [0.2, 0.25) is 0 Å². The number of benzene rings is 1. The summed E-state index contributed by atoms with van der Waals surface area (Å²) >= 11 is 0. The van der Waals surface area contributed by atoms with Crippen LogP contribution in [0.3, 0.4) is 0 Å². The average Bonchev–Trinajstić information content (AvgIpc) is 2.68. The Balaban J connectivity index is 1.60. The van der Waals surface area contributed by atoms with Crippen molar-refractivity contribution in [2.75, 3.05) is 11.4 Å². The smallest absolute Gasteiger partial charge is 0.161 e. The van der Waals surface area contributed by atoms with E-state index in [1.165, 1.54) is 22.5 Å². The monoisotopic (exact) mass is 332 g/mol. The Labute approximate surface area is 149 Å². The molecule has 2 aliphatic heterocycles. The molecule has 1 aromatic carbocycles. The first-order valence-electron chi connectivity index (χ1n) is 9.03. The Morgan fingerprint density at radius 2 is 2.00 bits per heavy atom. The van der Waals surface area contributed by atoms with Crippen molar-refractivity contribution >= 4 is 11.9 Å². The molecule has 0 radical (unpaired) electrons. The maximum atomic E-state index is 4.74. The quantitative estimate of drug-likeness (QED) is 0.923. The third-order valence-corrected chi connectivity index (χ3v) is 5.08. The van der Waals surface area contributed by atoms with Crippen molar-refractivity contribution in [1.82, 2.24) is 10.3 Å². The highest BCUT2D eigenvalue weighted by Gasteiger charge is 2.31. The van der Waals surface area contributed by atoms with Crippen molar-refractivity contribution in [3.8, 4) is 0 Å². The van der Waals surface area contributed by atoms with Crippen molar-refractivity contribution in [2.24, 2.45) is 4.99 Å². The van der Waals surface area contributed by atoms with Gasteiger partial charge in [-0.25, -0.2) is 0 Å². The molecule has 2 aliphatic rings. The van der Waals surface area contributed by atoms with Crippen LogP contribution in [0.15, 0.2) is 64.9 Å². The van der Waals surface area contributed by atoms with E-state index in [2.05, 4.69) is 59.5 Å². The summed E-state index contributed by atoms with van der Waals surface area (Å²) in [6.45, 7) is 5.41. The molecule has 0 fully saturated rings. The minimum absolute atomic E-state index is 0.0663. The zero-order valence-electron chi connectivity index (χ0n) is 14.8. The second kappa shape index (κ2) is 6.71. The van der Waals surface area contributed by atoms with Crippen LogP contribution in [-0.4, -0.2) is 23.8 Å². The first kappa shape index (κ1) is 15.9. The summed E-state index contributed by atoms with van der Waals surface area (Å²) in [5.41, 5.74) is 6.21. The van der Waals surface area contributed by atoms with E-state index < -0.39 is 0 Å². The van der Waals surface area contributed by atoms with E-state index in [1.807, 2.05) is 24.4 Å². The first-order chi connectivity index (χ1) is 12.3. The summed E-state index contributed by atoms with van der Waals surface area (Å²) in [6.07, 6.45) is 5.90. The van der Waals surface area contributed by atoms with Gasteiger partial charge in [0.15, 0.2) is 6.17 Å². The third kappa shape index (κ3) is 3.04. The molecular weight excluding hydrogens is 308 g/mol. The topological polar surface area (TPSA) is 40.5 Å². The average molecular weight is 332 g/mol. The number of hydrogen-bond acceptors (Lipinski definition) is 4. The molecule has 3 heterocycles. The third-order valence-electron chi connectivity index (χ3n) is 5.08. The number of aliphatic imine (C=N–C) groups is 1. The number of aromatic nitrogens is 1. The van der Waals surface area contributed by atoms with E-state index in [4.69, 9.17) is 4.99 Å². The van der Waals surface area contributed by atoms with Gasteiger partial charge in [0, 0.05) is 42.3 Å². The number of hydrogen-bond donors (Lipinski definition) is 1. The van der Waals surface area contributed by atoms with Gasteiger partial charge in [0.1, 0.15) is 0 Å². The van der Waals surface area contributed by atoms with Crippen LogP contribution in [0.2, 0.25) is 0 Å². The lowest BCUT2D eigenvalue weighted by Gasteiger charge is -2.41. The standard InChI is InChI=1S/C21H24N4/c1-3-20-17-14-23-21(19-6-4-5-12-22-19)24-18(17)11-13-25(20)16-9-7-15(2)8-10-16/h4-10,12,14,20-21,24H,3,11,13H2,1-2H3. The van der Waals surface area contributed by atoms with Crippen molar-refractivity contribution < 1.29 is 0 Å². The number of nitrogens with zero attached hydrogens (tertiary/aromatic N) is 3. The highest BCUT2D eigenvalue weighted by atomic mass is 15.2. The summed E-state index contributed by atoms with van der Waals surface area (Å²) in [5, 5.41) is 3.61. The molecule has 4 heteroatoms. The number of pyridine rings is 1. The van der Waals surface area contributed by atoms with Gasteiger partial charge in [-0.3, -0.25) is 9.98 Å². The lowest BCUT2D eigenvalue weighted by molar-refractivity contribution is 0.525. The SMILES string of the molecule is CCC1C2=C(CCN1c1ccc(C)cc1)NC(c1ccccn1)N=C2. The van der Waals surface area contributed by atoms with E-state index in [0.717, 1.165) is 25.1 Å². The highest BCUT2D eigenvalue weighted by molar-refractivity contribution is 5.84. The van der Waals surface area contributed by atoms with Crippen molar-refractivity contribution in [1.29, 1.82) is 0 Å². The minimum atomic E-state index is -0.0663. The molecule has 0 bridgehead atoms. The number of rotatable bonds is 3. The van der Waals surface area contributed by atoms with Crippen LogP contribution >= 0.6 is 0 Å². The Hall–Kier alpha value is -2.62. The van der Waals surface area contributed by atoms with Gasteiger partial charge < -0.3 is 10.2 Å². The van der Waals surface area contributed by atoms with Gasteiger partial charge in [-0.1, -0.05) is 30.7 Å². The van der Waals surface area contributed by atoms with Gasteiger partial charge in [0.05, 0.1) is 11.7 Å². The predicted molar refractivity (Wildman–Crippen MR) is 103 cm³/mol. The molecule has 4 rings (SSSR count). The Morgan fingerprint density at radius 1 is 1.16 bits per heavy atom. The maximum absolute atomic E-state index is 4.74. The van der Waals surface area contributed by atoms with E-state index in [0.29, 0.717) is 6.04 Å². The van der Waals surface area contributed by atoms with E-state index in [9.17, 15) is 0 Å². The molecule has 4 nitrogen and oxygen atoms in total. The van der Waals surface area contributed by atoms with Gasteiger partial charge in [-0.15, -0.1) is 0 Å². The van der Waals surface area contributed by atoms with Crippen LogP contribution in [0, 0.1) is 6.92 Å². The molecule has 0 spiro atoms. The fourth-order valence-electron chi connectivity index (χ4n) is 3.75. The Kier molecular flexibility index (Phi) is 4.26. The molecule has 1 N–H and O–H groups in total. The van der Waals surface area contributed by atoms with Gasteiger partial charge >= 0.3 is 0 Å². The zero-order chi connectivity index (χ0) is 17.2. The lowest BCUT2D eigenvalue weighted by atomic mass is 9.93. The van der Waals surface area contributed by atoms with Crippen molar-refractivity contribution in [3.63, 3.8) is 0 Å². The number of nitrogens with one attached hydrogen (secondary N) is 1. The number of aryl methyl sites for hydroxylation is 1. The molecule has 0 amide bonds. The second-order valence-corrected chi connectivity index (χ2v) is 6.72. The minimum Gasteiger partial charge on any atom is -0.364 e. The molecule has 2 atom stereocenters. The molecule has 0 saturated heterocycles. The van der Waals surface area contributed by atoms with Crippen LogP contribution in [-0.2, 0) is 0 Å². The largest absolute Gasteiger partial charge is 0.364 e. The molecule has 128 valence electrons. The fourth-order valence-corrected chi connectivity index (χ4v) is 3.75. The predicted octanol–water partition coefficient (Wildman–Crippen LogP) is 4.01. The summed E-state index contributed by atoms with van der Waals surface area (Å²) < 4.78 is 0. The summed E-state index contributed by atoms with van der Waals surface area (Å²) in [4.78, 5) is 11.7.